The Morgan fingerprint density at radius 3 is 3.19 bits per heavy atom. The molecule has 3 nitrogen and oxygen atoms in total. The molecular formula is C13H17N3. The van der Waals surface area contributed by atoms with Crippen LogP contribution in [0.5, 0.6) is 0 Å². The number of H-pyrrole nitrogens is 1. The zero-order chi connectivity index (χ0) is 11.0. The van der Waals surface area contributed by atoms with Crippen LogP contribution >= 0.6 is 0 Å². The maximum atomic E-state index is 4.38. The Hall–Kier alpha value is -1.35. The van der Waals surface area contributed by atoms with Gasteiger partial charge in [0.2, 0.25) is 0 Å². The van der Waals surface area contributed by atoms with Crippen LogP contribution in [0.2, 0.25) is 0 Å². The lowest BCUT2D eigenvalue weighted by Gasteiger charge is -2.22. The van der Waals surface area contributed by atoms with E-state index in [1.807, 2.05) is 6.20 Å². The zero-order valence-corrected chi connectivity index (χ0v) is 9.59. The molecule has 1 unspecified atom stereocenters. The molecule has 2 aromatic heterocycles. The number of aryl methyl sites for hydroxylation is 1. The molecule has 84 valence electrons. The van der Waals surface area contributed by atoms with E-state index in [-0.39, 0.29) is 0 Å². The van der Waals surface area contributed by atoms with Crippen LogP contribution in [0.4, 0.5) is 0 Å². The number of rotatable bonds is 1. The quantitative estimate of drug-likeness (QED) is 0.766. The van der Waals surface area contributed by atoms with Gasteiger partial charge < -0.3 is 10.3 Å². The number of aromatic nitrogens is 2. The van der Waals surface area contributed by atoms with Gasteiger partial charge in [-0.05, 0) is 49.4 Å². The van der Waals surface area contributed by atoms with E-state index in [2.05, 4.69) is 34.5 Å². The van der Waals surface area contributed by atoms with Crippen molar-refractivity contribution in [1.29, 1.82) is 0 Å². The highest BCUT2D eigenvalue weighted by atomic mass is 14.9. The van der Waals surface area contributed by atoms with Gasteiger partial charge in [-0.25, -0.2) is 4.98 Å². The molecule has 3 heterocycles. The van der Waals surface area contributed by atoms with Crippen LogP contribution in [-0.4, -0.2) is 23.1 Å². The molecule has 0 spiro atoms. The Labute approximate surface area is 95.3 Å². The van der Waals surface area contributed by atoms with Crippen molar-refractivity contribution in [1.82, 2.24) is 15.3 Å². The molecular weight excluding hydrogens is 198 g/mol. The van der Waals surface area contributed by atoms with Crippen LogP contribution in [0, 0.1) is 6.92 Å². The van der Waals surface area contributed by atoms with Crippen molar-refractivity contribution < 1.29 is 0 Å². The molecule has 0 aromatic carbocycles. The van der Waals surface area contributed by atoms with Gasteiger partial charge in [0.05, 0.1) is 0 Å². The zero-order valence-electron chi connectivity index (χ0n) is 9.59. The molecule has 1 atom stereocenters. The van der Waals surface area contributed by atoms with Gasteiger partial charge in [0.1, 0.15) is 5.65 Å². The molecule has 1 fully saturated rings. The van der Waals surface area contributed by atoms with Gasteiger partial charge in [-0.1, -0.05) is 0 Å². The number of hydrogen-bond donors (Lipinski definition) is 2. The van der Waals surface area contributed by atoms with Gasteiger partial charge in [0.25, 0.3) is 0 Å². The summed E-state index contributed by atoms with van der Waals surface area (Å²) in [7, 11) is 0. The standard InChI is InChI=1S/C13H17N3/c1-9-4-6-15-13-12(9)11(8-16-13)10-3-2-5-14-7-10/h4,6,8,10,14H,2-3,5,7H2,1H3,(H,15,16). The fraction of sp³-hybridized carbons (Fsp3) is 0.462. The summed E-state index contributed by atoms with van der Waals surface area (Å²) in [4.78, 5) is 7.67. The Kier molecular flexibility index (Phi) is 2.40. The maximum absolute atomic E-state index is 4.38. The molecule has 0 amide bonds. The first kappa shape index (κ1) is 9.85. The molecule has 2 aromatic rings. The fourth-order valence-corrected chi connectivity index (χ4v) is 2.69. The average Bonchev–Trinajstić information content (AvgIpc) is 2.75. The molecule has 3 rings (SSSR count). The van der Waals surface area contributed by atoms with E-state index in [4.69, 9.17) is 0 Å². The van der Waals surface area contributed by atoms with Gasteiger partial charge >= 0.3 is 0 Å². The van der Waals surface area contributed by atoms with Gasteiger partial charge in [0.15, 0.2) is 0 Å². The van der Waals surface area contributed by atoms with Gasteiger partial charge in [-0.15, -0.1) is 0 Å². The third-order valence-electron chi connectivity index (χ3n) is 3.55. The van der Waals surface area contributed by atoms with E-state index in [1.165, 1.54) is 29.4 Å². The largest absolute Gasteiger partial charge is 0.346 e. The second-order valence-corrected chi connectivity index (χ2v) is 4.64. The molecule has 1 aliphatic rings. The molecule has 0 bridgehead atoms. The summed E-state index contributed by atoms with van der Waals surface area (Å²) in [6.07, 6.45) is 6.57. The van der Waals surface area contributed by atoms with E-state index in [1.54, 1.807) is 0 Å². The Balaban J connectivity index is 2.09. The van der Waals surface area contributed by atoms with Crippen molar-refractivity contribution in [3.63, 3.8) is 0 Å². The highest BCUT2D eigenvalue weighted by molar-refractivity contribution is 5.83. The minimum atomic E-state index is 0.644. The third-order valence-corrected chi connectivity index (χ3v) is 3.55. The Morgan fingerprint density at radius 2 is 2.38 bits per heavy atom. The minimum absolute atomic E-state index is 0.644. The molecule has 1 aliphatic heterocycles. The number of nitrogens with zero attached hydrogens (tertiary/aromatic N) is 1. The predicted octanol–water partition coefficient (Wildman–Crippen LogP) is 2.34. The lowest BCUT2D eigenvalue weighted by atomic mass is 9.91. The van der Waals surface area contributed by atoms with Gasteiger partial charge in [-0.3, -0.25) is 0 Å². The molecule has 1 saturated heterocycles. The van der Waals surface area contributed by atoms with Crippen molar-refractivity contribution in [3.8, 4) is 0 Å². The van der Waals surface area contributed by atoms with E-state index in [0.717, 1.165) is 18.7 Å². The van der Waals surface area contributed by atoms with Gasteiger partial charge in [-0.2, -0.15) is 0 Å². The van der Waals surface area contributed by atoms with Crippen LogP contribution in [0.1, 0.15) is 29.9 Å². The molecule has 0 radical (unpaired) electrons. The van der Waals surface area contributed by atoms with Crippen LogP contribution in [0.25, 0.3) is 11.0 Å². The summed E-state index contributed by atoms with van der Waals surface area (Å²) >= 11 is 0. The minimum Gasteiger partial charge on any atom is -0.346 e. The number of hydrogen-bond acceptors (Lipinski definition) is 2. The highest BCUT2D eigenvalue weighted by Gasteiger charge is 2.19. The van der Waals surface area contributed by atoms with Gasteiger partial charge in [0, 0.05) is 24.3 Å². The summed E-state index contributed by atoms with van der Waals surface area (Å²) in [5.74, 6) is 0.644. The van der Waals surface area contributed by atoms with Crippen molar-refractivity contribution >= 4 is 11.0 Å². The lowest BCUT2D eigenvalue weighted by molar-refractivity contribution is 0.463. The van der Waals surface area contributed by atoms with Crippen LogP contribution in [-0.2, 0) is 0 Å². The molecule has 0 saturated carbocycles. The second-order valence-electron chi connectivity index (χ2n) is 4.64. The van der Waals surface area contributed by atoms with Crippen molar-refractivity contribution in [3.05, 3.63) is 29.6 Å². The first-order valence-electron chi connectivity index (χ1n) is 5.99. The average molecular weight is 215 g/mol. The summed E-state index contributed by atoms with van der Waals surface area (Å²) in [5.41, 5.74) is 3.79. The topological polar surface area (TPSA) is 40.7 Å². The predicted molar refractivity (Wildman–Crippen MR) is 65.7 cm³/mol. The first-order valence-corrected chi connectivity index (χ1v) is 5.99. The number of piperidine rings is 1. The molecule has 3 heteroatoms. The summed E-state index contributed by atoms with van der Waals surface area (Å²) < 4.78 is 0. The fourth-order valence-electron chi connectivity index (χ4n) is 2.69. The number of aromatic amines is 1. The van der Waals surface area contributed by atoms with Crippen LogP contribution in [0.3, 0.4) is 0 Å². The Bertz CT molecular complexity index is 495. The summed E-state index contributed by atoms with van der Waals surface area (Å²) in [6.45, 7) is 4.43. The smallest absolute Gasteiger partial charge is 0.137 e. The van der Waals surface area contributed by atoms with E-state index < -0.39 is 0 Å². The van der Waals surface area contributed by atoms with E-state index in [9.17, 15) is 0 Å². The molecule has 0 aliphatic carbocycles. The Morgan fingerprint density at radius 1 is 1.44 bits per heavy atom. The highest BCUT2D eigenvalue weighted by Crippen LogP contribution is 2.30. The first-order chi connectivity index (χ1) is 7.86. The molecule has 2 N–H and O–H groups in total. The monoisotopic (exact) mass is 215 g/mol. The van der Waals surface area contributed by atoms with Crippen molar-refractivity contribution in [2.45, 2.75) is 25.7 Å². The molecule has 16 heavy (non-hydrogen) atoms. The number of pyridine rings is 1. The summed E-state index contributed by atoms with van der Waals surface area (Å²) in [6, 6.07) is 2.09. The second kappa shape index (κ2) is 3.91. The SMILES string of the molecule is Cc1ccnc2[nH]cc(C3CCCNC3)c12. The lowest BCUT2D eigenvalue weighted by Crippen LogP contribution is -2.28. The van der Waals surface area contributed by atoms with Crippen molar-refractivity contribution in [2.24, 2.45) is 0 Å². The third kappa shape index (κ3) is 1.52. The summed E-state index contributed by atoms with van der Waals surface area (Å²) in [5, 5.41) is 4.80. The number of nitrogens with one attached hydrogen (secondary N) is 2. The van der Waals surface area contributed by atoms with Crippen LogP contribution in [0.15, 0.2) is 18.5 Å². The van der Waals surface area contributed by atoms with E-state index in [0.29, 0.717) is 5.92 Å². The van der Waals surface area contributed by atoms with Crippen LogP contribution < -0.4 is 5.32 Å². The normalized spacial score (nSPS) is 21.4. The van der Waals surface area contributed by atoms with E-state index >= 15 is 0 Å². The number of fused-ring (bicyclic) bond motifs is 1. The maximum Gasteiger partial charge on any atom is 0.137 e. The van der Waals surface area contributed by atoms with Crippen molar-refractivity contribution in [2.75, 3.05) is 13.1 Å².